The smallest absolute Gasteiger partial charge is 0.276 e. The molecule has 0 aromatic carbocycles. The molecule has 2 aromatic rings. The molecular weight excluding hydrogens is 326 g/mol. The van der Waals surface area contributed by atoms with E-state index in [1.165, 1.54) is 11.3 Å². The molecule has 2 amide bonds. The Labute approximate surface area is 144 Å². The Balaban J connectivity index is 1.78. The van der Waals surface area contributed by atoms with Gasteiger partial charge in [0.1, 0.15) is 5.76 Å². The molecule has 2 aromatic heterocycles. The summed E-state index contributed by atoms with van der Waals surface area (Å²) in [7, 11) is 0. The lowest BCUT2D eigenvalue weighted by molar-refractivity contribution is 0.0727. The molecule has 3 heterocycles. The molecule has 2 N–H and O–H groups in total. The van der Waals surface area contributed by atoms with Gasteiger partial charge in [-0.05, 0) is 30.9 Å². The van der Waals surface area contributed by atoms with E-state index < -0.39 is 5.91 Å². The van der Waals surface area contributed by atoms with Gasteiger partial charge in [0.15, 0.2) is 5.69 Å². The van der Waals surface area contributed by atoms with E-state index >= 15 is 0 Å². The zero-order valence-electron chi connectivity index (χ0n) is 13.8. The fourth-order valence-electron chi connectivity index (χ4n) is 3.03. The van der Waals surface area contributed by atoms with Crippen molar-refractivity contribution in [2.45, 2.75) is 39.2 Å². The van der Waals surface area contributed by atoms with Gasteiger partial charge < -0.3 is 15.2 Å². The lowest BCUT2D eigenvalue weighted by Gasteiger charge is -2.22. The molecule has 0 saturated carbocycles. The second kappa shape index (κ2) is 6.76. The molecule has 1 saturated heterocycles. The van der Waals surface area contributed by atoms with Crippen LogP contribution in [0.25, 0.3) is 0 Å². The van der Waals surface area contributed by atoms with Gasteiger partial charge in [-0.1, -0.05) is 19.0 Å². The van der Waals surface area contributed by atoms with Crippen molar-refractivity contribution in [3.8, 4) is 0 Å². The Bertz CT molecular complexity index is 750. The predicted molar refractivity (Wildman–Crippen MR) is 90.9 cm³/mol. The number of hydrogen-bond acceptors (Lipinski definition) is 5. The molecule has 128 valence electrons. The molecule has 7 heteroatoms. The third-order valence-electron chi connectivity index (χ3n) is 4.10. The van der Waals surface area contributed by atoms with E-state index in [0.29, 0.717) is 23.0 Å². The number of thiophene rings is 1. The standard InChI is InChI=1S/C17H21N3O3S/c1-10(2)8-11-9-12(19-23-11)17(22)20-7-3-4-13(20)14-5-6-15(24-14)16(18)21/h5-6,9-10,13H,3-4,7-8H2,1-2H3,(H2,18,21)/t13-/m0/s1. The summed E-state index contributed by atoms with van der Waals surface area (Å²) in [5.74, 6) is 0.622. The van der Waals surface area contributed by atoms with Gasteiger partial charge in [-0.3, -0.25) is 9.59 Å². The van der Waals surface area contributed by atoms with Crippen molar-refractivity contribution in [2.24, 2.45) is 11.7 Å². The maximum absolute atomic E-state index is 12.8. The summed E-state index contributed by atoms with van der Waals surface area (Å²) < 4.78 is 5.28. The lowest BCUT2D eigenvalue weighted by Crippen LogP contribution is -2.30. The molecule has 0 aliphatic carbocycles. The van der Waals surface area contributed by atoms with E-state index in [2.05, 4.69) is 19.0 Å². The van der Waals surface area contributed by atoms with Crippen LogP contribution in [0.5, 0.6) is 0 Å². The number of carbonyl (C=O) groups is 2. The summed E-state index contributed by atoms with van der Waals surface area (Å²) in [4.78, 5) is 27.4. The number of nitrogens with two attached hydrogens (primary N) is 1. The van der Waals surface area contributed by atoms with Crippen molar-refractivity contribution in [3.63, 3.8) is 0 Å². The zero-order chi connectivity index (χ0) is 17.3. The van der Waals surface area contributed by atoms with Crippen LogP contribution in [-0.4, -0.2) is 28.4 Å². The fraction of sp³-hybridized carbons (Fsp3) is 0.471. The number of primary amides is 1. The van der Waals surface area contributed by atoms with E-state index in [-0.39, 0.29) is 11.9 Å². The molecule has 0 unspecified atom stereocenters. The van der Waals surface area contributed by atoms with E-state index in [4.69, 9.17) is 10.3 Å². The van der Waals surface area contributed by atoms with Crippen molar-refractivity contribution >= 4 is 23.2 Å². The summed E-state index contributed by atoms with van der Waals surface area (Å²) >= 11 is 1.36. The highest BCUT2D eigenvalue weighted by molar-refractivity contribution is 7.14. The molecule has 6 nitrogen and oxygen atoms in total. The molecule has 0 spiro atoms. The first-order valence-corrected chi connectivity index (χ1v) is 8.93. The number of likely N-dealkylation sites (tertiary alicyclic amines) is 1. The number of hydrogen-bond donors (Lipinski definition) is 1. The topological polar surface area (TPSA) is 89.4 Å². The highest BCUT2D eigenvalue weighted by Gasteiger charge is 2.33. The van der Waals surface area contributed by atoms with Crippen LogP contribution in [-0.2, 0) is 6.42 Å². The largest absolute Gasteiger partial charge is 0.365 e. The maximum Gasteiger partial charge on any atom is 0.276 e. The van der Waals surface area contributed by atoms with E-state index in [1.807, 2.05) is 11.0 Å². The van der Waals surface area contributed by atoms with Crippen LogP contribution in [0.2, 0.25) is 0 Å². The zero-order valence-corrected chi connectivity index (χ0v) is 14.6. The Morgan fingerprint density at radius 2 is 2.25 bits per heavy atom. The van der Waals surface area contributed by atoms with Crippen LogP contribution < -0.4 is 5.73 Å². The Morgan fingerprint density at radius 1 is 1.46 bits per heavy atom. The van der Waals surface area contributed by atoms with Crippen molar-refractivity contribution in [1.29, 1.82) is 0 Å². The molecule has 1 aliphatic rings. The minimum atomic E-state index is -0.433. The molecule has 0 bridgehead atoms. The van der Waals surface area contributed by atoms with Crippen molar-refractivity contribution in [1.82, 2.24) is 10.1 Å². The first-order chi connectivity index (χ1) is 11.5. The molecule has 1 fully saturated rings. The normalized spacial score (nSPS) is 17.6. The first-order valence-electron chi connectivity index (χ1n) is 8.11. The average molecular weight is 347 g/mol. The number of nitrogens with zero attached hydrogens (tertiary/aromatic N) is 2. The van der Waals surface area contributed by atoms with Gasteiger partial charge in [-0.15, -0.1) is 11.3 Å². The van der Waals surface area contributed by atoms with Gasteiger partial charge in [0, 0.05) is 23.9 Å². The Hall–Kier alpha value is -2.15. The first kappa shape index (κ1) is 16.7. The number of rotatable bonds is 5. The third kappa shape index (κ3) is 3.36. The van der Waals surface area contributed by atoms with Crippen LogP contribution >= 0.6 is 11.3 Å². The SMILES string of the molecule is CC(C)Cc1cc(C(=O)N2CCC[C@H]2c2ccc(C(N)=O)s2)no1. The molecule has 24 heavy (non-hydrogen) atoms. The van der Waals surface area contributed by atoms with Crippen molar-refractivity contribution in [3.05, 3.63) is 39.4 Å². The van der Waals surface area contributed by atoms with Crippen LogP contribution in [0.1, 0.15) is 63.5 Å². The maximum atomic E-state index is 12.8. The van der Waals surface area contributed by atoms with Crippen LogP contribution in [0.15, 0.2) is 22.7 Å². The summed E-state index contributed by atoms with van der Waals surface area (Å²) in [6.45, 7) is 4.86. The molecule has 1 atom stereocenters. The van der Waals surface area contributed by atoms with Crippen LogP contribution in [0, 0.1) is 5.92 Å². The van der Waals surface area contributed by atoms with Gasteiger partial charge in [0.25, 0.3) is 11.8 Å². The number of carbonyl (C=O) groups excluding carboxylic acids is 2. The Morgan fingerprint density at radius 3 is 2.92 bits per heavy atom. The minimum Gasteiger partial charge on any atom is -0.365 e. The van der Waals surface area contributed by atoms with Gasteiger partial charge in [0.05, 0.1) is 10.9 Å². The summed E-state index contributed by atoms with van der Waals surface area (Å²) in [5.41, 5.74) is 5.67. The van der Waals surface area contributed by atoms with E-state index in [0.717, 1.165) is 29.9 Å². The van der Waals surface area contributed by atoms with Gasteiger partial charge in [-0.25, -0.2) is 0 Å². The fourth-order valence-corrected chi connectivity index (χ4v) is 4.04. The van der Waals surface area contributed by atoms with Crippen LogP contribution in [0.4, 0.5) is 0 Å². The second-order valence-electron chi connectivity index (χ2n) is 6.50. The quantitative estimate of drug-likeness (QED) is 0.900. The second-order valence-corrected chi connectivity index (χ2v) is 7.61. The van der Waals surface area contributed by atoms with Crippen molar-refractivity contribution in [2.75, 3.05) is 6.54 Å². The summed E-state index contributed by atoms with van der Waals surface area (Å²) in [5, 5.41) is 3.94. The van der Waals surface area contributed by atoms with Gasteiger partial charge in [-0.2, -0.15) is 0 Å². The minimum absolute atomic E-state index is 0.0270. The van der Waals surface area contributed by atoms with Crippen molar-refractivity contribution < 1.29 is 14.1 Å². The monoisotopic (exact) mass is 347 g/mol. The average Bonchev–Trinajstić information content (AvgIpc) is 3.25. The van der Waals surface area contributed by atoms with E-state index in [9.17, 15) is 9.59 Å². The lowest BCUT2D eigenvalue weighted by atomic mass is 10.1. The third-order valence-corrected chi connectivity index (χ3v) is 5.30. The van der Waals surface area contributed by atoms with E-state index in [1.54, 1.807) is 12.1 Å². The summed E-state index contributed by atoms with van der Waals surface area (Å²) in [6.07, 6.45) is 2.56. The number of amides is 2. The summed E-state index contributed by atoms with van der Waals surface area (Å²) in [6, 6.07) is 5.32. The van der Waals surface area contributed by atoms with Gasteiger partial charge in [0.2, 0.25) is 0 Å². The molecule has 0 radical (unpaired) electrons. The Kier molecular flexibility index (Phi) is 4.71. The van der Waals surface area contributed by atoms with Crippen LogP contribution in [0.3, 0.4) is 0 Å². The highest BCUT2D eigenvalue weighted by Crippen LogP contribution is 2.36. The molecular formula is C17H21N3O3S. The highest BCUT2D eigenvalue weighted by atomic mass is 32.1. The molecule has 1 aliphatic heterocycles. The predicted octanol–water partition coefficient (Wildman–Crippen LogP) is 3.01. The molecule has 3 rings (SSSR count). The number of aromatic nitrogens is 1. The van der Waals surface area contributed by atoms with Gasteiger partial charge >= 0.3 is 0 Å².